The molecule has 0 bridgehead atoms. The van der Waals surface area contributed by atoms with Crippen LogP contribution in [0.3, 0.4) is 0 Å². The van der Waals surface area contributed by atoms with Crippen molar-refractivity contribution in [3.05, 3.63) is 78.4 Å². The van der Waals surface area contributed by atoms with E-state index in [4.69, 9.17) is 0 Å². The third kappa shape index (κ3) is 3.32. The van der Waals surface area contributed by atoms with Gasteiger partial charge in [0.1, 0.15) is 0 Å². The van der Waals surface area contributed by atoms with Crippen molar-refractivity contribution in [1.82, 2.24) is 0 Å². The highest BCUT2D eigenvalue weighted by Gasteiger charge is 2.16. The Morgan fingerprint density at radius 1 is 1.00 bits per heavy atom. The molecule has 0 N–H and O–H groups in total. The van der Waals surface area contributed by atoms with Gasteiger partial charge >= 0.3 is 0 Å². The van der Waals surface area contributed by atoms with Crippen LogP contribution in [0.5, 0.6) is 0 Å². The first kappa shape index (κ1) is 13.1. The molecular weight excluding hydrogens is 234 g/mol. The van der Waals surface area contributed by atoms with E-state index in [0.29, 0.717) is 12.1 Å². The van der Waals surface area contributed by atoms with Crippen molar-refractivity contribution < 1.29 is 4.79 Å². The van der Waals surface area contributed by atoms with Gasteiger partial charge in [0.2, 0.25) is 0 Å². The fourth-order valence-corrected chi connectivity index (χ4v) is 1.89. The molecule has 1 amide bonds. The monoisotopic (exact) mass is 251 g/mol. The molecule has 0 aromatic heterocycles. The summed E-state index contributed by atoms with van der Waals surface area (Å²) in [6, 6.07) is 19.0. The number of rotatable bonds is 4. The van der Waals surface area contributed by atoms with Gasteiger partial charge in [-0.1, -0.05) is 48.6 Å². The molecule has 0 fully saturated rings. The van der Waals surface area contributed by atoms with E-state index < -0.39 is 0 Å². The van der Waals surface area contributed by atoms with Gasteiger partial charge in [0.15, 0.2) is 0 Å². The van der Waals surface area contributed by atoms with Crippen molar-refractivity contribution in [3.8, 4) is 0 Å². The van der Waals surface area contributed by atoms with Gasteiger partial charge in [0.25, 0.3) is 5.91 Å². The van der Waals surface area contributed by atoms with Crippen LogP contribution in [0.1, 0.15) is 17.3 Å². The van der Waals surface area contributed by atoms with Crippen LogP contribution in [-0.4, -0.2) is 12.5 Å². The third-order valence-electron chi connectivity index (χ3n) is 2.76. The summed E-state index contributed by atoms with van der Waals surface area (Å²) in [6.45, 7) is 6.35. The normalized spacial score (nSPS) is 9.95. The maximum absolute atomic E-state index is 12.6. The van der Waals surface area contributed by atoms with E-state index in [1.165, 1.54) is 0 Å². The Balaban J connectivity index is 2.33. The summed E-state index contributed by atoms with van der Waals surface area (Å²) in [5, 5.41) is 0. The summed E-state index contributed by atoms with van der Waals surface area (Å²) < 4.78 is 0. The highest BCUT2D eigenvalue weighted by Crippen LogP contribution is 2.18. The van der Waals surface area contributed by atoms with Crippen molar-refractivity contribution in [3.63, 3.8) is 0 Å². The second kappa shape index (κ2) is 6.01. The third-order valence-corrected chi connectivity index (χ3v) is 2.76. The molecule has 2 nitrogen and oxygen atoms in total. The minimum absolute atomic E-state index is 0.00481. The minimum Gasteiger partial charge on any atom is -0.304 e. The molecule has 96 valence electrons. The second-order valence-corrected chi connectivity index (χ2v) is 4.55. The molecule has 0 radical (unpaired) electrons. The van der Waals surface area contributed by atoms with Crippen LogP contribution < -0.4 is 4.90 Å². The lowest BCUT2D eigenvalue weighted by atomic mass is 10.1. The topological polar surface area (TPSA) is 20.3 Å². The maximum Gasteiger partial charge on any atom is 0.258 e. The first-order chi connectivity index (χ1) is 9.18. The zero-order valence-corrected chi connectivity index (χ0v) is 11.0. The van der Waals surface area contributed by atoms with Crippen molar-refractivity contribution in [1.29, 1.82) is 0 Å². The molecule has 0 spiro atoms. The summed E-state index contributed by atoms with van der Waals surface area (Å²) >= 11 is 0. The number of nitrogens with zero attached hydrogens (tertiary/aromatic N) is 1. The van der Waals surface area contributed by atoms with Crippen molar-refractivity contribution in [2.45, 2.75) is 6.92 Å². The summed E-state index contributed by atoms with van der Waals surface area (Å²) in [5.74, 6) is -0.00481. The quantitative estimate of drug-likeness (QED) is 0.754. The predicted octanol–water partition coefficient (Wildman–Crippen LogP) is 3.91. The highest BCUT2D eigenvalue weighted by molar-refractivity contribution is 6.06. The molecule has 0 saturated carbocycles. The average molecular weight is 251 g/mol. The van der Waals surface area contributed by atoms with Crippen LogP contribution in [0, 0.1) is 0 Å². The van der Waals surface area contributed by atoms with Crippen LogP contribution in [0.2, 0.25) is 0 Å². The lowest BCUT2D eigenvalue weighted by Crippen LogP contribution is -2.32. The van der Waals surface area contributed by atoms with Gasteiger partial charge in [-0.15, -0.1) is 0 Å². The summed E-state index contributed by atoms with van der Waals surface area (Å²) in [6.07, 6.45) is 0. The SMILES string of the molecule is C=C(C)CN(C(=O)c1ccccc1)c1ccccc1. The Bertz CT molecular complexity index is 560. The van der Waals surface area contributed by atoms with Crippen molar-refractivity contribution in [2.75, 3.05) is 11.4 Å². The Morgan fingerprint density at radius 2 is 1.53 bits per heavy atom. The Kier molecular flexibility index (Phi) is 4.14. The van der Waals surface area contributed by atoms with Gasteiger partial charge in [-0.2, -0.15) is 0 Å². The fourth-order valence-electron chi connectivity index (χ4n) is 1.89. The lowest BCUT2D eigenvalue weighted by molar-refractivity contribution is 0.0989. The van der Waals surface area contributed by atoms with E-state index in [1.54, 1.807) is 4.90 Å². The van der Waals surface area contributed by atoms with E-state index in [1.807, 2.05) is 67.6 Å². The summed E-state index contributed by atoms with van der Waals surface area (Å²) in [7, 11) is 0. The molecule has 2 rings (SSSR count). The van der Waals surface area contributed by atoms with Crippen LogP contribution in [0.15, 0.2) is 72.8 Å². The number of hydrogen-bond donors (Lipinski definition) is 0. The molecule has 2 aromatic carbocycles. The zero-order chi connectivity index (χ0) is 13.7. The van der Waals surface area contributed by atoms with E-state index in [9.17, 15) is 4.79 Å². The minimum atomic E-state index is -0.00481. The molecule has 2 aromatic rings. The number of amides is 1. The first-order valence-corrected chi connectivity index (χ1v) is 6.25. The maximum atomic E-state index is 12.6. The van der Waals surface area contributed by atoms with E-state index in [0.717, 1.165) is 11.3 Å². The van der Waals surface area contributed by atoms with E-state index >= 15 is 0 Å². The van der Waals surface area contributed by atoms with Crippen molar-refractivity contribution >= 4 is 11.6 Å². The van der Waals surface area contributed by atoms with E-state index in [-0.39, 0.29) is 5.91 Å². The molecule has 0 aliphatic heterocycles. The molecular formula is C17H17NO. The van der Waals surface area contributed by atoms with Crippen LogP contribution in [-0.2, 0) is 0 Å². The predicted molar refractivity (Wildman–Crippen MR) is 79.4 cm³/mol. The molecule has 0 unspecified atom stereocenters. The number of anilines is 1. The summed E-state index contributed by atoms with van der Waals surface area (Å²) in [5.41, 5.74) is 2.53. The van der Waals surface area contributed by atoms with Gasteiger partial charge in [0.05, 0.1) is 0 Å². The highest BCUT2D eigenvalue weighted by atomic mass is 16.2. The average Bonchev–Trinajstić information content (AvgIpc) is 2.46. The molecule has 0 heterocycles. The number of benzene rings is 2. The molecule has 0 atom stereocenters. The van der Waals surface area contributed by atoms with Crippen LogP contribution >= 0.6 is 0 Å². The number of hydrogen-bond acceptors (Lipinski definition) is 1. The molecule has 0 aliphatic carbocycles. The molecule has 2 heteroatoms. The largest absolute Gasteiger partial charge is 0.304 e. The van der Waals surface area contributed by atoms with Gasteiger partial charge < -0.3 is 4.90 Å². The van der Waals surface area contributed by atoms with Crippen LogP contribution in [0.4, 0.5) is 5.69 Å². The summed E-state index contributed by atoms with van der Waals surface area (Å²) in [4.78, 5) is 14.3. The zero-order valence-electron chi connectivity index (χ0n) is 11.0. The van der Waals surface area contributed by atoms with Gasteiger partial charge in [-0.3, -0.25) is 4.79 Å². The number of carbonyl (C=O) groups is 1. The Morgan fingerprint density at radius 3 is 2.05 bits per heavy atom. The smallest absolute Gasteiger partial charge is 0.258 e. The van der Waals surface area contributed by atoms with E-state index in [2.05, 4.69) is 6.58 Å². The van der Waals surface area contributed by atoms with Gasteiger partial charge in [-0.25, -0.2) is 0 Å². The van der Waals surface area contributed by atoms with Gasteiger partial charge in [-0.05, 0) is 31.2 Å². The molecule has 19 heavy (non-hydrogen) atoms. The molecule has 0 saturated heterocycles. The first-order valence-electron chi connectivity index (χ1n) is 6.25. The fraction of sp³-hybridized carbons (Fsp3) is 0.118. The molecule has 0 aliphatic rings. The standard InChI is InChI=1S/C17H17NO/c1-14(2)13-18(16-11-7-4-8-12-16)17(19)15-9-5-3-6-10-15/h3-12H,1,13H2,2H3. The second-order valence-electron chi connectivity index (χ2n) is 4.55. The number of para-hydroxylation sites is 1. The lowest BCUT2D eigenvalue weighted by Gasteiger charge is -2.23. The number of carbonyl (C=O) groups excluding carboxylic acids is 1. The van der Waals surface area contributed by atoms with Crippen LogP contribution in [0.25, 0.3) is 0 Å². The Labute approximate surface area is 114 Å². The van der Waals surface area contributed by atoms with Crippen molar-refractivity contribution in [2.24, 2.45) is 0 Å². The Hall–Kier alpha value is -2.35. The van der Waals surface area contributed by atoms with Gasteiger partial charge in [0, 0.05) is 17.8 Å².